The molecule has 19 nitrogen and oxygen atoms in total. The number of carbonyl (C=O) groups is 3. The standard InChI is InChI=1S/C34H46O19/c1-5-15-17(18(29(44)46-3)12-48-31(15)52-33-27(42)25(40)23(38)20(10-36)50-33)8-7-14(9-35)22-16(6-2)32(49-13-19(22)30(45)47-4)53-34-28(43)26(41)24(39)21(11-37)51-34/h5-7,9,12-13,15-17,20-28,31-34,36-43H,1-2,8,10-11H2,3-4H3/b14-7-/t15-,16-,17-,20+,21+,22-,23+,24+,25-,26-,27+,28+,31+,32+,33-,34-/m0/s1. The molecule has 2 saturated heterocycles. The van der Waals surface area contributed by atoms with Gasteiger partial charge in [0.1, 0.15) is 55.1 Å². The number of aliphatic hydroxyl groups excluding tert-OH is 8. The van der Waals surface area contributed by atoms with Crippen molar-refractivity contribution in [1.29, 1.82) is 0 Å². The Morgan fingerprint density at radius 1 is 0.698 bits per heavy atom. The van der Waals surface area contributed by atoms with Gasteiger partial charge in [-0.15, -0.1) is 13.2 Å². The van der Waals surface area contributed by atoms with Gasteiger partial charge in [0, 0.05) is 17.8 Å². The summed E-state index contributed by atoms with van der Waals surface area (Å²) in [6, 6.07) is 0. The van der Waals surface area contributed by atoms with E-state index in [0.717, 1.165) is 26.7 Å². The molecule has 0 aromatic carbocycles. The molecule has 0 spiro atoms. The first-order valence-corrected chi connectivity index (χ1v) is 16.5. The molecule has 4 heterocycles. The average Bonchev–Trinajstić information content (AvgIpc) is 3.17. The van der Waals surface area contributed by atoms with Crippen LogP contribution in [-0.2, 0) is 52.3 Å². The van der Waals surface area contributed by atoms with Crippen LogP contribution in [0.25, 0.3) is 0 Å². The van der Waals surface area contributed by atoms with E-state index in [-0.39, 0.29) is 23.1 Å². The van der Waals surface area contributed by atoms with Crippen LogP contribution in [0.2, 0.25) is 0 Å². The highest BCUT2D eigenvalue weighted by Gasteiger charge is 2.50. The highest BCUT2D eigenvalue weighted by Crippen LogP contribution is 2.41. The number of ether oxygens (including phenoxy) is 8. The monoisotopic (exact) mass is 758 g/mol. The lowest BCUT2D eigenvalue weighted by molar-refractivity contribution is -0.339. The van der Waals surface area contributed by atoms with E-state index in [0.29, 0.717) is 6.29 Å². The molecule has 53 heavy (non-hydrogen) atoms. The van der Waals surface area contributed by atoms with Gasteiger partial charge in [-0.05, 0) is 12.0 Å². The van der Waals surface area contributed by atoms with Crippen molar-refractivity contribution in [3.8, 4) is 0 Å². The fourth-order valence-electron chi connectivity index (χ4n) is 6.58. The summed E-state index contributed by atoms with van der Waals surface area (Å²) in [5, 5.41) is 81.1. The van der Waals surface area contributed by atoms with Crippen molar-refractivity contribution in [1.82, 2.24) is 0 Å². The Morgan fingerprint density at radius 2 is 1.15 bits per heavy atom. The van der Waals surface area contributed by atoms with Gasteiger partial charge in [0.25, 0.3) is 0 Å². The van der Waals surface area contributed by atoms with Crippen molar-refractivity contribution in [3.63, 3.8) is 0 Å². The highest BCUT2D eigenvalue weighted by atomic mass is 16.8. The Labute approximate surface area is 303 Å². The average molecular weight is 759 g/mol. The molecule has 0 amide bonds. The molecule has 16 atom stereocenters. The third-order valence-electron chi connectivity index (χ3n) is 9.59. The number of esters is 2. The van der Waals surface area contributed by atoms with Crippen LogP contribution >= 0.6 is 0 Å². The summed E-state index contributed by atoms with van der Waals surface area (Å²) in [4.78, 5) is 38.7. The summed E-state index contributed by atoms with van der Waals surface area (Å²) in [6.07, 6.45) is -12.7. The minimum atomic E-state index is -1.81. The van der Waals surface area contributed by atoms with Crippen LogP contribution < -0.4 is 0 Å². The molecule has 296 valence electrons. The summed E-state index contributed by atoms with van der Waals surface area (Å²) >= 11 is 0. The van der Waals surface area contributed by atoms with Crippen molar-refractivity contribution in [3.05, 3.63) is 60.6 Å². The number of hydrogen-bond acceptors (Lipinski definition) is 19. The van der Waals surface area contributed by atoms with E-state index in [2.05, 4.69) is 13.2 Å². The minimum absolute atomic E-state index is 0.0210. The Morgan fingerprint density at radius 3 is 1.58 bits per heavy atom. The van der Waals surface area contributed by atoms with Gasteiger partial charge in [-0.25, -0.2) is 9.59 Å². The fourth-order valence-corrected chi connectivity index (χ4v) is 6.58. The normalized spacial score (nSPS) is 40.4. The molecular formula is C34H46O19. The first-order valence-electron chi connectivity index (χ1n) is 16.5. The molecule has 0 bridgehead atoms. The quantitative estimate of drug-likeness (QED) is 0.0375. The zero-order valence-corrected chi connectivity index (χ0v) is 28.8. The zero-order valence-electron chi connectivity index (χ0n) is 28.8. The predicted molar refractivity (Wildman–Crippen MR) is 173 cm³/mol. The van der Waals surface area contributed by atoms with Gasteiger partial charge in [-0.2, -0.15) is 0 Å². The third kappa shape index (κ3) is 8.72. The molecule has 19 heteroatoms. The van der Waals surface area contributed by atoms with Crippen molar-refractivity contribution in [2.24, 2.45) is 23.7 Å². The first kappa shape index (κ1) is 42.2. The molecule has 4 aliphatic rings. The molecular weight excluding hydrogens is 712 g/mol. The number of hydrogen-bond donors (Lipinski definition) is 8. The molecule has 0 saturated carbocycles. The number of allylic oxidation sites excluding steroid dienone is 2. The van der Waals surface area contributed by atoms with Crippen LogP contribution in [0.15, 0.2) is 60.6 Å². The summed E-state index contributed by atoms with van der Waals surface area (Å²) in [7, 11) is 2.23. The second kappa shape index (κ2) is 18.7. The van der Waals surface area contributed by atoms with Crippen LogP contribution in [0.4, 0.5) is 0 Å². The topological polar surface area (TPSA) is 287 Å². The molecule has 8 N–H and O–H groups in total. The lowest BCUT2D eigenvalue weighted by Gasteiger charge is -2.43. The first-order chi connectivity index (χ1) is 25.3. The number of aliphatic hydroxyl groups is 8. The van der Waals surface area contributed by atoms with Crippen molar-refractivity contribution >= 4 is 18.2 Å². The molecule has 0 unspecified atom stereocenters. The van der Waals surface area contributed by atoms with Crippen LogP contribution in [0.1, 0.15) is 6.42 Å². The molecule has 4 rings (SSSR count). The minimum Gasteiger partial charge on any atom is -0.471 e. The smallest absolute Gasteiger partial charge is 0.337 e. The largest absolute Gasteiger partial charge is 0.471 e. The van der Waals surface area contributed by atoms with Gasteiger partial charge >= 0.3 is 11.9 Å². The molecule has 0 aromatic rings. The van der Waals surface area contributed by atoms with Gasteiger partial charge in [0.15, 0.2) is 12.6 Å². The van der Waals surface area contributed by atoms with E-state index in [4.69, 9.17) is 37.9 Å². The maximum atomic E-state index is 13.0. The summed E-state index contributed by atoms with van der Waals surface area (Å²) in [6.45, 7) is 6.16. The van der Waals surface area contributed by atoms with E-state index in [9.17, 15) is 55.2 Å². The Hall–Kier alpha value is -3.57. The number of carbonyl (C=O) groups excluding carboxylic acids is 3. The maximum absolute atomic E-state index is 13.0. The SMILES string of the molecule is C=C[C@@H]1[C@@H](O[C@@H]2O[C@H](CO)[C@@H](O)[C@H](O)[C@H]2O)OC=C(C(=O)OC)[C@H]1C/C=C(/C=O)[C@@H]1C(C(=O)OC)=CO[C@H](O[C@@H]2O[C@H](CO)[C@@H](O)[C@H](O)[C@H]2O)[C@H]1C=C. The Kier molecular flexibility index (Phi) is 14.8. The second-order valence-corrected chi connectivity index (χ2v) is 12.6. The molecule has 0 aromatic heterocycles. The van der Waals surface area contributed by atoms with Gasteiger partial charge in [0.2, 0.25) is 12.6 Å². The van der Waals surface area contributed by atoms with Crippen molar-refractivity contribution in [2.45, 2.75) is 80.4 Å². The molecule has 0 aliphatic carbocycles. The lowest BCUT2D eigenvalue weighted by atomic mass is 9.76. The van der Waals surface area contributed by atoms with Crippen LogP contribution in [-0.4, -0.2) is 161 Å². The summed E-state index contributed by atoms with van der Waals surface area (Å²) < 4.78 is 43.7. The Bertz CT molecular complexity index is 1410. The van der Waals surface area contributed by atoms with Crippen molar-refractivity contribution < 1.29 is 93.1 Å². The molecule has 4 aliphatic heterocycles. The van der Waals surface area contributed by atoms with E-state index in [1.807, 2.05) is 0 Å². The van der Waals surface area contributed by atoms with Gasteiger partial charge in [-0.3, -0.25) is 4.79 Å². The fraction of sp³-hybridized carbons (Fsp3) is 0.618. The van der Waals surface area contributed by atoms with Gasteiger partial charge in [-0.1, -0.05) is 18.2 Å². The summed E-state index contributed by atoms with van der Waals surface area (Å²) in [5.41, 5.74) is -0.223. The van der Waals surface area contributed by atoms with E-state index >= 15 is 0 Å². The van der Waals surface area contributed by atoms with Crippen molar-refractivity contribution in [2.75, 3.05) is 27.4 Å². The molecule has 0 radical (unpaired) electrons. The third-order valence-corrected chi connectivity index (χ3v) is 9.59. The van der Waals surface area contributed by atoms with Crippen LogP contribution in [0, 0.1) is 23.7 Å². The van der Waals surface area contributed by atoms with Gasteiger partial charge < -0.3 is 78.7 Å². The van der Waals surface area contributed by atoms with Crippen LogP contribution in [0.5, 0.6) is 0 Å². The van der Waals surface area contributed by atoms with E-state index < -0.39 is 123 Å². The predicted octanol–water partition coefficient (Wildman–Crippen LogP) is -3.20. The van der Waals surface area contributed by atoms with Gasteiger partial charge in [0.05, 0.1) is 57.0 Å². The summed E-state index contributed by atoms with van der Waals surface area (Å²) in [5.74, 6) is -5.82. The molecule has 2 fully saturated rings. The number of rotatable bonds is 14. The maximum Gasteiger partial charge on any atom is 0.337 e. The Balaban J connectivity index is 1.66. The highest BCUT2D eigenvalue weighted by molar-refractivity contribution is 5.92. The van der Waals surface area contributed by atoms with E-state index in [1.165, 1.54) is 18.2 Å². The van der Waals surface area contributed by atoms with E-state index in [1.54, 1.807) is 0 Å². The second-order valence-electron chi connectivity index (χ2n) is 12.6. The number of aldehydes is 1. The zero-order chi connectivity index (χ0) is 39.1. The number of methoxy groups -OCH3 is 2. The van der Waals surface area contributed by atoms with Crippen LogP contribution in [0.3, 0.4) is 0 Å². The lowest BCUT2D eigenvalue weighted by Crippen LogP contribution is -2.60.